The molecule has 0 saturated heterocycles. The summed E-state index contributed by atoms with van der Waals surface area (Å²) in [6.45, 7) is 1.96. The van der Waals surface area contributed by atoms with Crippen LogP contribution in [-0.4, -0.2) is 18.6 Å². The van der Waals surface area contributed by atoms with E-state index in [0.717, 1.165) is 12.2 Å². The van der Waals surface area contributed by atoms with Crippen molar-refractivity contribution in [2.45, 2.75) is 19.9 Å². The summed E-state index contributed by atoms with van der Waals surface area (Å²) in [5.41, 5.74) is 0. The Kier molecular flexibility index (Phi) is 3.91. The van der Waals surface area contributed by atoms with Gasteiger partial charge in [0.15, 0.2) is 0 Å². The van der Waals surface area contributed by atoms with Gasteiger partial charge in [0, 0.05) is 6.42 Å². The van der Waals surface area contributed by atoms with Crippen molar-refractivity contribution < 1.29 is 12.8 Å². The fourth-order valence-electron chi connectivity index (χ4n) is 0.803. The van der Waals surface area contributed by atoms with Crippen LogP contribution in [0.1, 0.15) is 18.6 Å². The summed E-state index contributed by atoms with van der Waals surface area (Å²) in [5, 5.41) is -0.464. The molecule has 0 aliphatic heterocycles. The topological polar surface area (TPSA) is 72.2 Å². The van der Waals surface area contributed by atoms with Gasteiger partial charge in [0.05, 0.1) is 12.7 Å². The molecule has 1 aromatic heterocycles. The average molecular weight is 239 g/mol. The van der Waals surface area contributed by atoms with E-state index >= 15 is 0 Å². The molecule has 80 valence electrons. The van der Waals surface area contributed by atoms with Gasteiger partial charge in [0.1, 0.15) is 11.0 Å². The maximum Gasteiger partial charge on any atom is 0.226 e. The molecule has 0 aliphatic carbocycles. The van der Waals surface area contributed by atoms with Crippen molar-refractivity contribution >= 4 is 21.6 Å². The molecule has 0 aromatic carbocycles. The SMILES string of the molecule is CCc1cnc(CNS(=O)(=O)CCl)o1. The summed E-state index contributed by atoms with van der Waals surface area (Å²) in [7, 11) is -3.40. The third kappa shape index (κ3) is 3.28. The van der Waals surface area contributed by atoms with Crippen molar-refractivity contribution in [2.24, 2.45) is 0 Å². The molecule has 1 rings (SSSR count). The van der Waals surface area contributed by atoms with E-state index in [1.807, 2.05) is 6.92 Å². The quantitative estimate of drug-likeness (QED) is 0.772. The van der Waals surface area contributed by atoms with Gasteiger partial charge in [-0.05, 0) is 0 Å². The monoisotopic (exact) mass is 238 g/mol. The van der Waals surface area contributed by atoms with Gasteiger partial charge in [0.2, 0.25) is 15.9 Å². The Labute approximate surface area is 87.5 Å². The number of hydrogen-bond acceptors (Lipinski definition) is 4. The first-order chi connectivity index (χ1) is 6.57. The Morgan fingerprint density at radius 2 is 2.36 bits per heavy atom. The second kappa shape index (κ2) is 4.77. The van der Waals surface area contributed by atoms with E-state index in [9.17, 15) is 8.42 Å². The maximum absolute atomic E-state index is 10.9. The number of sulfonamides is 1. The standard InChI is InChI=1S/C7H11ClN2O3S/c1-2-6-3-9-7(13-6)4-10-14(11,12)5-8/h3,10H,2,4-5H2,1H3. The number of halogens is 1. The fraction of sp³-hybridized carbons (Fsp3) is 0.571. The smallest absolute Gasteiger partial charge is 0.226 e. The van der Waals surface area contributed by atoms with E-state index in [-0.39, 0.29) is 6.54 Å². The van der Waals surface area contributed by atoms with Crippen LogP contribution in [0, 0.1) is 0 Å². The molecule has 0 spiro atoms. The van der Waals surface area contributed by atoms with Gasteiger partial charge < -0.3 is 4.42 Å². The lowest BCUT2D eigenvalue weighted by molar-refractivity contribution is 0.452. The lowest BCUT2D eigenvalue weighted by atomic mass is 10.4. The van der Waals surface area contributed by atoms with Gasteiger partial charge in [-0.15, -0.1) is 11.6 Å². The van der Waals surface area contributed by atoms with Crippen LogP contribution >= 0.6 is 11.6 Å². The molecule has 0 amide bonds. The van der Waals surface area contributed by atoms with Gasteiger partial charge in [-0.1, -0.05) is 6.92 Å². The minimum Gasteiger partial charge on any atom is -0.444 e. The molecule has 0 bridgehead atoms. The molecule has 1 N–H and O–H groups in total. The van der Waals surface area contributed by atoms with E-state index in [4.69, 9.17) is 16.0 Å². The van der Waals surface area contributed by atoms with E-state index < -0.39 is 15.2 Å². The Balaban J connectivity index is 2.54. The summed E-state index contributed by atoms with van der Waals surface area (Å²) in [5.74, 6) is 1.07. The first-order valence-electron chi connectivity index (χ1n) is 4.04. The van der Waals surface area contributed by atoms with Crippen LogP contribution in [0.4, 0.5) is 0 Å². The maximum atomic E-state index is 10.9. The summed E-state index contributed by atoms with van der Waals surface area (Å²) in [6.07, 6.45) is 2.31. The lowest BCUT2D eigenvalue weighted by Crippen LogP contribution is -2.23. The van der Waals surface area contributed by atoms with Crippen molar-refractivity contribution in [2.75, 3.05) is 5.21 Å². The van der Waals surface area contributed by atoms with Gasteiger partial charge in [-0.2, -0.15) is 0 Å². The van der Waals surface area contributed by atoms with Crippen molar-refractivity contribution in [3.8, 4) is 0 Å². The average Bonchev–Trinajstić information content (AvgIpc) is 2.63. The zero-order valence-electron chi connectivity index (χ0n) is 7.66. The molecule has 1 aromatic rings. The van der Waals surface area contributed by atoms with Gasteiger partial charge >= 0.3 is 0 Å². The normalized spacial score (nSPS) is 11.9. The van der Waals surface area contributed by atoms with E-state index in [1.165, 1.54) is 0 Å². The minimum absolute atomic E-state index is 0.0368. The van der Waals surface area contributed by atoms with E-state index in [1.54, 1.807) is 6.20 Å². The largest absolute Gasteiger partial charge is 0.444 e. The number of nitrogens with one attached hydrogen (secondary N) is 1. The molecule has 14 heavy (non-hydrogen) atoms. The van der Waals surface area contributed by atoms with Crippen LogP contribution in [0.25, 0.3) is 0 Å². The van der Waals surface area contributed by atoms with Gasteiger partial charge in [0.25, 0.3) is 0 Å². The second-order valence-electron chi connectivity index (χ2n) is 2.62. The Hall–Kier alpha value is -0.590. The predicted octanol–water partition coefficient (Wildman–Crippen LogP) is 0.853. The summed E-state index contributed by atoms with van der Waals surface area (Å²) >= 11 is 5.19. The molecule has 0 atom stereocenters. The van der Waals surface area contributed by atoms with Crippen LogP contribution in [-0.2, 0) is 23.0 Å². The molecule has 0 aliphatic rings. The third-order valence-corrected chi connectivity index (χ3v) is 3.27. The highest BCUT2D eigenvalue weighted by molar-refractivity contribution is 7.90. The summed E-state index contributed by atoms with van der Waals surface area (Å²) < 4.78 is 29.3. The molecule has 1 heterocycles. The van der Waals surface area contributed by atoms with E-state index in [0.29, 0.717) is 5.89 Å². The number of alkyl halides is 1. The molecule has 7 heteroatoms. The zero-order valence-corrected chi connectivity index (χ0v) is 9.23. The minimum atomic E-state index is -3.40. The number of aromatic nitrogens is 1. The number of hydrogen-bond donors (Lipinski definition) is 1. The van der Waals surface area contributed by atoms with Crippen molar-refractivity contribution in [3.63, 3.8) is 0 Å². The Morgan fingerprint density at radius 1 is 1.64 bits per heavy atom. The van der Waals surface area contributed by atoms with Gasteiger partial charge in [-0.3, -0.25) is 0 Å². The molecule has 0 fully saturated rings. The van der Waals surface area contributed by atoms with Crippen LogP contribution in [0.2, 0.25) is 0 Å². The molecule has 0 radical (unpaired) electrons. The number of aryl methyl sites for hydroxylation is 1. The van der Waals surface area contributed by atoms with Crippen LogP contribution in [0.15, 0.2) is 10.6 Å². The second-order valence-corrected chi connectivity index (χ2v) is 5.01. The summed E-state index contributed by atoms with van der Waals surface area (Å²) in [4.78, 5) is 3.89. The lowest BCUT2D eigenvalue weighted by Gasteiger charge is -1.99. The first-order valence-corrected chi connectivity index (χ1v) is 6.23. The highest BCUT2D eigenvalue weighted by atomic mass is 35.5. The number of oxazole rings is 1. The van der Waals surface area contributed by atoms with Crippen LogP contribution in [0.3, 0.4) is 0 Å². The molecule has 5 nitrogen and oxygen atoms in total. The van der Waals surface area contributed by atoms with Crippen molar-refractivity contribution in [1.82, 2.24) is 9.71 Å². The van der Waals surface area contributed by atoms with Crippen molar-refractivity contribution in [1.29, 1.82) is 0 Å². The summed E-state index contributed by atoms with van der Waals surface area (Å²) in [6, 6.07) is 0. The predicted molar refractivity (Wildman–Crippen MR) is 52.4 cm³/mol. The third-order valence-electron chi connectivity index (χ3n) is 1.54. The molecular formula is C7H11ClN2O3S. The van der Waals surface area contributed by atoms with Crippen molar-refractivity contribution in [3.05, 3.63) is 17.8 Å². The zero-order chi connectivity index (χ0) is 10.6. The van der Waals surface area contributed by atoms with E-state index in [2.05, 4.69) is 9.71 Å². The van der Waals surface area contributed by atoms with Crippen LogP contribution in [0.5, 0.6) is 0 Å². The first kappa shape index (κ1) is 11.5. The highest BCUT2D eigenvalue weighted by Gasteiger charge is 2.09. The Bertz CT molecular complexity index is 387. The fourth-order valence-corrected chi connectivity index (χ4v) is 1.46. The van der Waals surface area contributed by atoms with Gasteiger partial charge in [-0.25, -0.2) is 18.1 Å². The molecule has 0 unspecified atom stereocenters. The molecule has 0 saturated carbocycles. The highest BCUT2D eigenvalue weighted by Crippen LogP contribution is 2.04. The van der Waals surface area contributed by atoms with Crippen LogP contribution < -0.4 is 4.72 Å². The number of rotatable bonds is 5. The number of nitrogens with zero attached hydrogens (tertiary/aromatic N) is 1. The molecular weight excluding hydrogens is 228 g/mol. The Morgan fingerprint density at radius 3 is 2.86 bits per heavy atom.